The first-order valence-corrected chi connectivity index (χ1v) is 14.8. The summed E-state index contributed by atoms with van der Waals surface area (Å²) in [7, 11) is 0. The minimum Gasteiger partial charge on any atom is -0.508 e. The Labute approximate surface area is 255 Å². The van der Waals surface area contributed by atoms with Crippen LogP contribution in [-0.4, -0.2) is 46.1 Å². The predicted molar refractivity (Wildman–Crippen MR) is 170 cm³/mol. The van der Waals surface area contributed by atoms with Crippen molar-refractivity contribution >= 4 is 23.6 Å². The maximum absolute atomic E-state index is 14.6. The molecule has 0 saturated heterocycles. The molecule has 2 unspecified atom stereocenters. The van der Waals surface area contributed by atoms with Gasteiger partial charge >= 0.3 is 6.09 Å². The first-order chi connectivity index (χ1) is 20.3. The van der Waals surface area contributed by atoms with Gasteiger partial charge in [-0.25, -0.2) is 4.79 Å². The Bertz CT molecular complexity index is 1410. The summed E-state index contributed by atoms with van der Waals surface area (Å²) in [6.07, 6.45) is 0.862. The van der Waals surface area contributed by atoms with Crippen LogP contribution in [0.2, 0.25) is 0 Å². The molecule has 3 aromatic carbocycles. The number of nitrogens with zero attached hydrogens (tertiary/aromatic N) is 1. The van der Waals surface area contributed by atoms with Gasteiger partial charge in [-0.1, -0.05) is 61.9 Å². The van der Waals surface area contributed by atoms with Crippen LogP contribution < -0.4 is 10.6 Å². The lowest BCUT2D eigenvalue weighted by Crippen LogP contribution is -2.53. The minimum atomic E-state index is -1.03. The summed E-state index contributed by atoms with van der Waals surface area (Å²) in [4.78, 5) is 43.4. The number of aryl methyl sites for hydroxylation is 2. The third-order valence-electron chi connectivity index (χ3n) is 7.30. The lowest BCUT2D eigenvalue weighted by atomic mass is 9.94. The molecule has 0 fully saturated rings. The highest BCUT2D eigenvalue weighted by Gasteiger charge is 2.37. The quantitative estimate of drug-likeness (QED) is 0.230. The molecule has 3 N–H and O–H groups in total. The zero-order valence-corrected chi connectivity index (χ0v) is 26.4. The van der Waals surface area contributed by atoms with Crippen molar-refractivity contribution in [1.29, 1.82) is 0 Å². The smallest absolute Gasteiger partial charge is 0.408 e. The van der Waals surface area contributed by atoms with Crippen LogP contribution in [0.3, 0.4) is 0 Å². The van der Waals surface area contributed by atoms with Crippen molar-refractivity contribution < 1.29 is 24.2 Å². The van der Waals surface area contributed by atoms with Crippen molar-refractivity contribution in [2.45, 2.75) is 85.4 Å². The van der Waals surface area contributed by atoms with Gasteiger partial charge < -0.3 is 25.4 Å². The molecule has 230 valence electrons. The van der Waals surface area contributed by atoms with Crippen LogP contribution >= 0.6 is 0 Å². The molecule has 3 aromatic rings. The van der Waals surface area contributed by atoms with Crippen LogP contribution in [0.25, 0.3) is 0 Å². The number of unbranched alkanes of at least 4 members (excludes halogenated alkanes) is 1. The van der Waals surface area contributed by atoms with Crippen molar-refractivity contribution in [1.82, 2.24) is 10.2 Å². The number of nitrogens with one attached hydrogen (secondary N) is 2. The molecule has 3 rings (SSSR count). The first kappa shape index (κ1) is 33.2. The Morgan fingerprint density at radius 1 is 0.907 bits per heavy atom. The molecule has 0 aliphatic carbocycles. The van der Waals surface area contributed by atoms with E-state index in [9.17, 15) is 19.5 Å². The maximum atomic E-state index is 14.6. The first-order valence-electron chi connectivity index (χ1n) is 14.8. The Balaban J connectivity index is 2.11. The van der Waals surface area contributed by atoms with Gasteiger partial charge in [0.2, 0.25) is 5.91 Å². The Kier molecular flexibility index (Phi) is 11.4. The number of carbonyl (C=O) groups is 3. The molecular formula is C35H45N3O5. The number of phenolic OH excluding ortho intramolecular Hbond substituents is 1. The van der Waals surface area contributed by atoms with Crippen molar-refractivity contribution in [3.05, 3.63) is 94.5 Å². The number of hydrogen-bond donors (Lipinski definition) is 3. The van der Waals surface area contributed by atoms with Crippen LogP contribution in [0.15, 0.2) is 66.7 Å². The topological polar surface area (TPSA) is 108 Å². The normalized spacial score (nSPS) is 12.6. The number of benzene rings is 3. The highest BCUT2D eigenvalue weighted by molar-refractivity contribution is 5.99. The summed E-state index contributed by atoms with van der Waals surface area (Å²) < 4.78 is 5.52. The second kappa shape index (κ2) is 14.7. The standard InChI is InChI=1S/C35H45N3O5/c1-8-9-21-38(33(41)30(37-34(42)43-35(5,6)7)22-26-17-19-27(39)20-18-26)31(28-15-12-14-23(2)25(28)4)32(40)36-29-16-11-10-13-24(29)3/h10-20,30-31,39H,8-9,21-22H2,1-7H3,(H,36,40)(H,37,42). The molecule has 43 heavy (non-hydrogen) atoms. The van der Waals surface area contributed by atoms with Crippen LogP contribution in [0.5, 0.6) is 5.75 Å². The second-order valence-corrected chi connectivity index (χ2v) is 12.0. The van der Waals surface area contributed by atoms with E-state index in [4.69, 9.17) is 4.74 Å². The van der Waals surface area contributed by atoms with Gasteiger partial charge in [0.25, 0.3) is 5.91 Å². The highest BCUT2D eigenvalue weighted by atomic mass is 16.6. The number of hydrogen-bond acceptors (Lipinski definition) is 5. The van der Waals surface area contributed by atoms with E-state index in [2.05, 4.69) is 10.6 Å². The molecule has 8 heteroatoms. The van der Waals surface area contributed by atoms with E-state index in [1.807, 2.05) is 70.2 Å². The Morgan fingerprint density at radius 2 is 1.56 bits per heavy atom. The molecule has 0 aliphatic rings. The summed E-state index contributed by atoms with van der Waals surface area (Å²) >= 11 is 0. The fraction of sp³-hybridized carbons (Fsp3) is 0.400. The van der Waals surface area contributed by atoms with E-state index in [-0.39, 0.29) is 18.1 Å². The summed E-state index contributed by atoms with van der Waals surface area (Å²) in [5.41, 5.74) is 4.16. The molecule has 0 spiro atoms. The number of anilines is 1. The fourth-order valence-corrected chi connectivity index (χ4v) is 4.85. The zero-order chi connectivity index (χ0) is 31.7. The molecule has 8 nitrogen and oxygen atoms in total. The van der Waals surface area contributed by atoms with Gasteiger partial charge in [0.1, 0.15) is 23.4 Å². The molecule has 0 heterocycles. The predicted octanol–water partition coefficient (Wildman–Crippen LogP) is 6.76. The van der Waals surface area contributed by atoms with E-state index >= 15 is 0 Å². The summed E-state index contributed by atoms with van der Waals surface area (Å²) in [5.74, 6) is -0.648. The van der Waals surface area contributed by atoms with Gasteiger partial charge in [-0.3, -0.25) is 9.59 Å². The minimum absolute atomic E-state index is 0.0964. The average Bonchev–Trinajstić information content (AvgIpc) is 2.93. The van der Waals surface area contributed by atoms with Crippen LogP contribution in [0, 0.1) is 20.8 Å². The Hall–Kier alpha value is -4.33. The van der Waals surface area contributed by atoms with E-state index < -0.39 is 29.7 Å². The van der Waals surface area contributed by atoms with Gasteiger partial charge in [-0.15, -0.1) is 0 Å². The largest absolute Gasteiger partial charge is 0.508 e. The van der Waals surface area contributed by atoms with Gasteiger partial charge in [0, 0.05) is 18.7 Å². The van der Waals surface area contributed by atoms with E-state index in [1.54, 1.807) is 37.8 Å². The maximum Gasteiger partial charge on any atom is 0.408 e. The second-order valence-electron chi connectivity index (χ2n) is 12.0. The zero-order valence-electron chi connectivity index (χ0n) is 26.4. The summed E-state index contributed by atoms with van der Waals surface area (Å²) in [6.45, 7) is 13.4. The molecule has 0 saturated carbocycles. The van der Waals surface area contributed by atoms with E-state index in [1.165, 1.54) is 12.1 Å². The van der Waals surface area contributed by atoms with Crippen molar-refractivity contribution in [3.8, 4) is 5.75 Å². The third-order valence-corrected chi connectivity index (χ3v) is 7.30. The van der Waals surface area contributed by atoms with Crippen LogP contribution in [0.4, 0.5) is 10.5 Å². The van der Waals surface area contributed by atoms with Crippen LogP contribution in [-0.2, 0) is 20.7 Å². The summed E-state index contributed by atoms with van der Waals surface area (Å²) in [5, 5.41) is 15.6. The molecule has 0 aliphatic heterocycles. The number of alkyl carbamates (subject to hydrolysis) is 1. The van der Waals surface area contributed by atoms with Gasteiger partial charge in [0.15, 0.2) is 0 Å². The lowest BCUT2D eigenvalue weighted by molar-refractivity contribution is -0.140. The van der Waals surface area contributed by atoms with Crippen molar-refractivity contribution in [3.63, 3.8) is 0 Å². The van der Waals surface area contributed by atoms with Gasteiger partial charge in [0.05, 0.1) is 0 Å². The van der Waals surface area contributed by atoms with Crippen LogP contribution in [0.1, 0.15) is 74.4 Å². The molecule has 0 aromatic heterocycles. The molecule has 3 amide bonds. The SMILES string of the molecule is CCCCN(C(=O)C(Cc1ccc(O)cc1)NC(=O)OC(C)(C)C)C(C(=O)Nc1ccccc1C)c1cccc(C)c1C. The number of phenols is 1. The van der Waals surface area contributed by atoms with Crippen molar-refractivity contribution in [2.75, 3.05) is 11.9 Å². The lowest BCUT2D eigenvalue weighted by Gasteiger charge is -2.35. The number of ether oxygens (including phenoxy) is 1. The monoisotopic (exact) mass is 587 g/mol. The fourth-order valence-electron chi connectivity index (χ4n) is 4.85. The highest BCUT2D eigenvalue weighted by Crippen LogP contribution is 2.30. The van der Waals surface area contributed by atoms with E-state index in [0.717, 1.165) is 34.2 Å². The van der Waals surface area contributed by atoms with E-state index in [0.29, 0.717) is 18.7 Å². The van der Waals surface area contributed by atoms with Gasteiger partial charge in [-0.2, -0.15) is 0 Å². The molecule has 2 atom stereocenters. The number of aromatic hydroxyl groups is 1. The average molecular weight is 588 g/mol. The van der Waals surface area contributed by atoms with Gasteiger partial charge in [-0.05, 0) is 94.0 Å². The molecule has 0 radical (unpaired) electrons. The number of amides is 3. The Morgan fingerprint density at radius 3 is 2.19 bits per heavy atom. The number of rotatable bonds is 11. The summed E-state index contributed by atoms with van der Waals surface area (Å²) in [6, 6.07) is 17.8. The van der Waals surface area contributed by atoms with Crippen molar-refractivity contribution in [2.24, 2.45) is 0 Å². The third kappa shape index (κ3) is 9.33. The number of carbonyl (C=O) groups excluding carboxylic acids is 3. The number of para-hydroxylation sites is 1. The molecular weight excluding hydrogens is 542 g/mol. The molecule has 0 bridgehead atoms.